The van der Waals surface area contributed by atoms with E-state index < -0.39 is 0 Å². The summed E-state index contributed by atoms with van der Waals surface area (Å²) in [6, 6.07) is 17.8. The van der Waals surface area contributed by atoms with Gasteiger partial charge in [0.2, 0.25) is 5.91 Å². The van der Waals surface area contributed by atoms with Gasteiger partial charge >= 0.3 is 0 Å². The lowest BCUT2D eigenvalue weighted by molar-refractivity contribution is -0.130. The third-order valence-electron chi connectivity index (χ3n) is 4.52. The Balaban J connectivity index is 1.42. The molecule has 24 heavy (non-hydrogen) atoms. The van der Waals surface area contributed by atoms with E-state index in [2.05, 4.69) is 17.4 Å². The van der Waals surface area contributed by atoms with Crippen LogP contribution in [0.5, 0.6) is 5.75 Å². The Bertz CT molecular complexity index is 672. The highest BCUT2D eigenvalue weighted by Crippen LogP contribution is 2.15. The van der Waals surface area contributed by atoms with E-state index in [1.54, 1.807) is 12.1 Å². The van der Waals surface area contributed by atoms with Crippen LogP contribution in [0.3, 0.4) is 0 Å². The molecule has 4 heteroatoms. The molecule has 0 radical (unpaired) electrons. The van der Waals surface area contributed by atoms with Gasteiger partial charge in [-0.25, -0.2) is 0 Å². The highest BCUT2D eigenvalue weighted by atomic mass is 16.3. The zero-order chi connectivity index (χ0) is 16.8. The summed E-state index contributed by atoms with van der Waals surface area (Å²) in [4.78, 5) is 14.3. The fourth-order valence-corrected chi connectivity index (χ4v) is 3.14. The van der Waals surface area contributed by atoms with Gasteiger partial charge in [0.15, 0.2) is 0 Å². The average Bonchev–Trinajstić information content (AvgIpc) is 3.08. The van der Waals surface area contributed by atoms with Gasteiger partial charge in [-0.1, -0.05) is 42.5 Å². The number of amides is 1. The van der Waals surface area contributed by atoms with Crippen molar-refractivity contribution in [3.05, 3.63) is 65.7 Å². The summed E-state index contributed by atoms with van der Waals surface area (Å²) in [5.74, 6) is 0.527. The van der Waals surface area contributed by atoms with Crippen molar-refractivity contribution in [3.8, 4) is 5.75 Å². The summed E-state index contributed by atoms with van der Waals surface area (Å²) in [6.07, 6.45) is 2.36. The van der Waals surface area contributed by atoms with Gasteiger partial charge in [0.05, 0.1) is 0 Å². The highest BCUT2D eigenvalue weighted by Gasteiger charge is 2.25. The highest BCUT2D eigenvalue weighted by molar-refractivity contribution is 5.76. The van der Waals surface area contributed by atoms with Gasteiger partial charge in [-0.3, -0.25) is 4.79 Å². The number of hydrogen-bond donors (Lipinski definition) is 2. The zero-order valence-corrected chi connectivity index (χ0v) is 13.8. The maximum Gasteiger partial charge on any atom is 0.222 e. The lowest BCUT2D eigenvalue weighted by Crippen LogP contribution is -2.35. The molecular weight excluding hydrogens is 300 g/mol. The van der Waals surface area contributed by atoms with Crippen molar-refractivity contribution in [2.75, 3.05) is 13.1 Å². The summed E-state index contributed by atoms with van der Waals surface area (Å²) >= 11 is 0. The number of phenols is 1. The zero-order valence-electron chi connectivity index (χ0n) is 13.8. The van der Waals surface area contributed by atoms with E-state index in [0.29, 0.717) is 24.8 Å². The van der Waals surface area contributed by atoms with Gasteiger partial charge in [-0.15, -0.1) is 0 Å². The lowest BCUT2D eigenvalue weighted by atomic mass is 10.1. The minimum atomic E-state index is 0.237. The van der Waals surface area contributed by atoms with Crippen LogP contribution in [0.25, 0.3) is 0 Å². The maximum absolute atomic E-state index is 12.3. The summed E-state index contributed by atoms with van der Waals surface area (Å²) in [5.41, 5.74) is 2.27. The molecule has 4 nitrogen and oxygen atoms in total. The summed E-state index contributed by atoms with van der Waals surface area (Å²) in [7, 11) is 0. The second-order valence-electron chi connectivity index (χ2n) is 6.36. The number of carbonyl (C=O) groups excluding carboxylic acids is 1. The Morgan fingerprint density at radius 3 is 2.71 bits per heavy atom. The van der Waals surface area contributed by atoms with Gasteiger partial charge in [0, 0.05) is 32.1 Å². The van der Waals surface area contributed by atoms with E-state index in [1.165, 1.54) is 5.56 Å². The van der Waals surface area contributed by atoms with Crippen molar-refractivity contribution in [3.63, 3.8) is 0 Å². The van der Waals surface area contributed by atoms with Crippen molar-refractivity contribution in [1.29, 1.82) is 0 Å². The van der Waals surface area contributed by atoms with Crippen molar-refractivity contribution in [1.82, 2.24) is 10.2 Å². The van der Waals surface area contributed by atoms with E-state index in [-0.39, 0.29) is 5.91 Å². The molecule has 2 aromatic rings. The third kappa shape index (κ3) is 4.59. The smallest absolute Gasteiger partial charge is 0.222 e. The van der Waals surface area contributed by atoms with Crippen LogP contribution in [0.1, 0.15) is 24.0 Å². The van der Waals surface area contributed by atoms with E-state index in [1.807, 2.05) is 35.2 Å². The Morgan fingerprint density at radius 2 is 1.92 bits per heavy atom. The Morgan fingerprint density at radius 1 is 1.12 bits per heavy atom. The third-order valence-corrected chi connectivity index (χ3v) is 4.52. The predicted molar refractivity (Wildman–Crippen MR) is 94.7 cm³/mol. The molecule has 0 aliphatic carbocycles. The van der Waals surface area contributed by atoms with Crippen LogP contribution in [0, 0.1) is 0 Å². The first kappa shape index (κ1) is 16.5. The fourth-order valence-electron chi connectivity index (χ4n) is 3.14. The van der Waals surface area contributed by atoms with Crippen LogP contribution in [-0.2, 0) is 17.8 Å². The Kier molecular flexibility index (Phi) is 5.49. The van der Waals surface area contributed by atoms with E-state index in [9.17, 15) is 9.90 Å². The predicted octanol–water partition coefficient (Wildman–Crippen LogP) is 2.72. The van der Waals surface area contributed by atoms with Crippen LogP contribution in [0.15, 0.2) is 54.6 Å². The van der Waals surface area contributed by atoms with Gasteiger partial charge in [-0.05, 0) is 36.1 Å². The quantitative estimate of drug-likeness (QED) is 0.859. The number of aryl methyl sites for hydroxylation is 1. The van der Waals surface area contributed by atoms with Gasteiger partial charge in [0.25, 0.3) is 0 Å². The van der Waals surface area contributed by atoms with Gasteiger partial charge in [-0.2, -0.15) is 0 Å². The van der Waals surface area contributed by atoms with Gasteiger partial charge < -0.3 is 15.3 Å². The minimum absolute atomic E-state index is 0.237. The minimum Gasteiger partial charge on any atom is -0.508 e. The molecule has 126 valence electrons. The Hall–Kier alpha value is -2.33. The van der Waals surface area contributed by atoms with Crippen LogP contribution in [0.4, 0.5) is 0 Å². The summed E-state index contributed by atoms with van der Waals surface area (Å²) in [6.45, 7) is 2.31. The molecule has 3 rings (SSSR count). The molecule has 0 aromatic heterocycles. The first-order valence-electron chi connectivity index (χ1n) is 8.54. The number of carbonyl (C=O) groups is 1. The summed E-state index contributed by atoms with van der Waals surface area (Å²) < 4.78 is 0. The number of benzene rings is 2. The molecule has 1 saturated heterocycles. The number of nitrogens with one attached hydrogen (secondary N) is 1. The van der Waals surface area contributed by atoms with Gasteiger partial charge in [0.1, 0.15) is 5.75 Å². The van der Waals surface area contributed by atoms with Crippen molar-refractivity contribution >= 4 is 5.91 Å². The molecule has 2 aromatic carbocycles. The first-order chi connectivity index (χ1) is 11.7. The second-order valence-corrected chi connectivity index (χ2v) is 6.36. The molecule has 1 aliphatic rings. The molecule has 1 amide bonds. The second kappa shape index (κ2) is 7.97. The normalized spacial score (nSPS) is 17.2. The first-order valence-corrected chi connectivity index (χ1v) is 8.54. The molecule has 1 fully saturated rings. The molecule has 1 heterocycles. The van der Waals surface area contributed by atoms with Crippen LogP contribution in [-0.4, -0.2) is 35.0 Å². The lowest BCUT2D eigenvalue weighted by Gasteiger charge is -2.17. The number of rotatable bonds is 6. The number of hydrogen-bond acceptors (Lipinski definition) is 3. The van der Waals surface area contributed by atoms with Crippen molar-refractivity contribution in [2.24, 2.45) is 0 Å². The molecule has 1 atom stereocenters. The molecule has 2 N–H and O–H groups in total. The van der Waals surface area contributed by atoms with Crippen molar-refractivity contribution < 1.29 is 9.90 Å². The molecule has 1 aliphatic heterocycles. The molecule has 0 saturated carbocycles. The molecular formula is C20H24N2O2. The fraction of sp³-hybridized carbons (Fsp3) is 0.350. The Labute approximate surface area is 143 Å². The van der Waals surface area contributed by atoms with Crippen molar-refractivity contribution in [2.45, 2.75) is 31.8 Å². The number of nitrogens with zero attached hydrogens (tertiary/aromatic N) is 1. The number of phenolic OH excluding ortho intramolecular Hbond substituents is 1. The molecule has 0 unspecified atom stereocenters. The van der Waals surface area contributed by atoms with E-state index in [0.717, 1.165) is 31.5 Å². The van der Waals surface area contributed by atoms with Crippen LogP contribution in [0.2, 0.25) is 0 Å². The topological polar surface area (TPSA) is 52.6 Å². The van der Waals surface area contributed by atoms with E-state index in [4.69, 9.17) is 0 Å². The monoisotopic (exact) mass is 324 g/mol. The number of aromatic hydroxyl groups is 1. The standard InChI is InChI=1S/C20H24N2O2/c23-19-8-4-7-17(13-19)14-21-18-11-12-22(15-18)20(24)10-9-16-5-2-1-3-6-16/h1-8,13,18,21,23H,9-12,14-15H2/t18-/m1/s1. The van der Waals surface area contributed by atoms with Crippen LogP contribution >= 0.6 is 0 Å². The van der Waals surface area contributed by atoms with Crippen LogP contribution < -0.4 is 5.32 Å². The molecule has 0 spiro atoms. The SMILES string of the molecule is O=C(CCc1ccccc1)N1CC[C@@H](NCc2cccc(O)c2)C1. The average molecular weight is 324 g/mol. The number of likely N-dealkylation sites (tertiary alicyclic amines) is 1. The van der Waals surface area contributed by atoms with E-state index >= 15 is 0 Å². The molecule has 0 bridgehead atoms. The summed E-state index contributed by atoms with van der Waals surface area (Å²) in [5, 5.41) is 13.0. The maximum atomic E-state index is 12.3. The largest absolute Gasteiger partial charge is 0.508 e.